The van der Waals surface area contributed by atoms with Gasteiger partial charge in [-0.15, -0.1) is 0 Å². The van der Waals surface area contributed by atoms with Crippen LogP contribution in [0, 0.1) is 16.3 Å². The molecule has 0 bridgehead atoms. The summed E-state index contributed by atoms with van der Waals surface area (Å²) in [6.07, 6.45) is 0. The summed E-state index contributed by atoms with van der Waals surface area (Å²) in [7, 11) is 1.46. The highest BCUT2D eigenvalue weighted by Crippen LogP contribution is 2.19. The van der Waals surface area contributed by atoms with Gasteiger partial charge >= 0.3 is 0 Å². The molecule has 9 heteroatoms. The Morgan fingerprint density at radius 2 is 2.12 bits per heavy atom. The highest BCUT2D eigenvalue weighted by molar-refractivity contribution is 14.1. The zero-order valence-corrected chi connectivity index (χ0v) is 15.8. The first-order valence-electron chi connectivity index (χ1n) is 7.31. The standard InChI is InChI=1S/C16H17FIN3O4/c1-9-7-11(16(25-6-5-22)21(2)15(9)24)14(23)20-19-13-4-3-10(18)8-12(13)17/h3-4,7-8,19,22H,5-6H2,1-2H3,(H,20,23). The van der Waals surface area contributed by atoms with Gasteiger partial charge in [0.05, 0.1) is 12.3 Å². The van der Waals surface area contributed by atoms with Crippen LogP contribution in [-0.4, -0.2) is 28.8 Å². The maximum atomic E-state index is 13.8. The van der Waals surface area contributed by atoms with Crippen molar-refractivity contribution < 1.29 is 19.0 Å². The Morgan fingerprint density at radius 1 is 1.40 bits per heavy atom. The third kappa shape index (κ3) is 4.48. The number of nitrogens with zero attached hydrogens (tertiary/aromatic N) is 1. The Morgan fingerprint density at radius 3 is 2.76 bits per heavy atom. The van der Waals surface area contributed by atoms with Crippen LogP contribution < -0.4 is 21.1 Å². The molecular weight excluding hydrogens is 444 g/mol. The number of hydrogen-bond donors (Lipinski definition) is 3. The Bertz CT molecular complexity index is 854. The Hall–Kier alpha value is -2.14. The lowest BCUT2D eigenvalue weighted by atomic mass is 10.2. The smallest absolute Gasteiger partial charge is 0.275 e. The molecule has 0 saturated carbocycles. The van der Waals surface area contributed by atoms with Crippen molar-refractivity contribution in [1.82, 2.24) is 9.99 Å². The van der Waals surface area contributed by atoms with Crippen molar-refractivity contribution in [2.24, 2.45) is 7.05 Å². The highest BCUT2D eigenvalue weighted by atomic mass is 127. The van der Waals surface area contributed by atoms with Crippen molar-refractivity contribution in [2.75, 3.05) is 18.6 Å². The van der Waals surface area contributed by atoms with Crippen molar-refractivity contribution >= 4 is 34.2 Å². The number of aliphatic hydroxyl groups excluding tert-OH is 1. The van der Waals surface area contributed by atoms with Gasteiger partial charge in [-0.3, -0.25) is 25.0 Å². The van der Waals surface area contributed by atoms with Gasteiger partial charge in [0.15, 0.2) is 0 Å². The number of carbonyl (C=O) groups excluding carboxylic acids is 1. The van der Waals surface area contributed by atoms with Crippen LogP contribution >= 0.6 is 22.6 Å². The van der Waals surface area contributed by atoms with Gasteiger partial charge in [-0.2, -0.15) is 0 Å². The van der Waals surface area contributed by atoms with E-state index in [1.165, 1.54) is 29.8 Å². The number of rotatable bonds is 6. The van der Waals surface area contributed by atoms with Crippen LogP contribution in [0.15, 0.2) is 29.1 Å². The molecule has 0 aliphatic heterocycles. The summed E-state index contributed by atoms with van der Waals surface area (Å²) >= 11 is 1.98. The predicted octanol–water partition coefficient (Wildman–Crippen LogP) is 1.57. The molecule has 1 aromatic carbocycles. The van der Waals surface area contributed by atoms with Crippen molar-refractivity contribution in [3.63, 3.8) is 0 Å². The molecule has 1 amide bonds. The summed E-state index contributed by atoms with van der Waals surface area (Å²) in [6, 6.07) is 5.88. The molecule has 0 radical (unpaired) electrons. The zero-order valence-electron chi connectivity index (χ0n) is 13.6. The topological polar surface area (TPSA) is 92.6 Å². The number of benzene rings is 1. The molecule has 25 heavy (non-hydrogen) atoms. The largest absolute Gasteiger partial charge is 0.476 e. The fraction of sp³-hybridized carbons (Fsp3) is 0.250. The number of carbonyl (C=O) groups is 1. The molecule has 2 aromatic rings. The minimum atomic E-state index is -0.607. The van der Waals surface area contributed by atoms with E-state index in [9.17, 15) is 14.0 Å². The van der Waals surface area contributed by atoms with Gasteiger partial charge in [0.2, 0.25) is 5.88 Å². The molecule has 7 nitrogen and oxygen atoms in total. The monoisotopic (exact) mass is 461 g/mol. The van der Waals surface area contributed by atoms with E-state index in [2.05, 4.69) is 10.9 Å². The summed E-state index contributed by atoms with van der Waals surface area (Å²) in [4.78, 5) is 24.4. The number of hydrogen-bond acceptors (Lipinski definition) is 5. The fourth-order valence-corrected chi connectivity index (χ4v) is 2.59. The second-order valence-corrected chi connectivity index (χ2v) is 6.43. The van der Waals surface area contributed by atoms with Gasteiger partial charge in [-0.1, -0.05) is 0 Å². The first-order chi connectivity index (χ1) is 11.8. The number of amides is 1. The number of ether oxygens (including phenoxy) is 1. The summed E-state index contributed by atoms with van der Waals surface area (Å²) < 4.78 is 21.0. The molecule has 1 aromatic heterocycles. The molecule has 0 fully saturated rings. The molecule has 1 heterocycles. The van der Waals surface area contributed by atoms with E-state index in [1.54, 1.807) is 13.0 Å². The molecular formula is C16H17FIN3O4. The van der Waals surface area contributed by atoms with E-state index >= 15 is 0 Å². The maximum absolute atomic E-state index is 13.8. The van der Waals surface area contributed by atoms with Crippen LogP contribution in [-0.2, 0) is 7.05 Å². The summed E-state index contributed by atoms with van der Waals surface area (Å²) in [6.45, 7) is 1.23. The van der Waals surface area contributed by atoms with Gasteiger partial charge in [-0.05, 0) is 53.8 Å². The van der Waals surface area contributed by atoms with Crippen LogP contribution in [0.25, 0.3) is 0 Å². The van der Waals surface area contributed by atoms with Gasteiger partial charge in [0.1, 0.15) is 18.0 Å². The summed E-state index contributed by atoms with van der Waals surface area (Å²) in [5.41, 5.74) is 5.11. The Kier molecular flexibility index (Phi) is 6.37. The van der Waals surface area contributed by atoms with Crippen molar-refractivity contribution in [2.45, 2.75) is 6.92 Å². The number of anilines is 1. The maximum Gasteiger partial charge on any atom is 0.275 e. The average Bonchev–Trinajstić information content (AvgIpc) is 2.57. The lowest BCUT2D eigenvalue weighted by Gasteiger charge is -2.16. The lowest BCUT2D eigenvalue weighted by molar-refractivity contribution is 0.0954. The summed E-state index contributed by atoms with van der Waals surface area (Å²) in [5.74, 6) is -1.10. The minimum Gasteiger partial charge on any atom is -0.476 e. The Labute approximate surface area is 156 Å². The third-order valence-electron chi connectivity index (χ3n) is 3.35. The van der Waals surface area contributed by atoms with E-state index < -0.39 is 11.7 Å². The lowest BCUT2D eigenvalue weighted by Crippen LogP contribution is -2.33. The second-order valence-electron chi connectivity index (χ2n) is 5.19. The number of aromatic nitrogens is 1. The Balaban J connectivity index is 2.27. The summed E-state index contributed by atoms with van der Waals surface area (Å²) in [5, 5.41) is 8.91. The van der Waals surface area contributed by atoms with Crippen LogP contribution in [0.4, 0.5) is 10.1 Å². The van der Waals surface area contributed by atoms with E-state index in [-0.39, 0.29) is 35.9 Å². The highest BCUT2D eigenvalue weighted by Gasteiger charge is 2.18. The predicted molar refractivity (Wildman–Crippen MR) is 99.2 cm³/mol. The number of aryl methyl sites for hydroxylation is 1. The van der Waals surface area contributed by atoms with E-state index in [4.69, 9.17) is 9.84 Å². The SMILES string of the molecule is Cc1cc(C(=O)NNc2ccc(I)cc2F)c(OCCO)n(C)c1=O. The molecule has 3 N–H and O–H groups in total. The van der Waals surface area contributed by atoms with Gasteiger partial charge in [-0.25, -0.2) is 4.39 Å². The molecule has 0 spiro atoms. The van der Waals surface area contributed by atoms with E-state index in [0.717, 1.165) is 3.57 Å². The van der Waals surface area contributed by atoms with Crippen molar-refractivity contribution in [3.05, 3.63) is 55.1 Å². The molecule has 0 aliphatic rings. The van der Waals surface area contributed by atoms with Gasteiger partial charge in [0.25, 0.3) is 11.5 Å². The quantitative estimate of drug-likeness (QED) is 0.449. The molecule has 0 aliphatic carbocycles. The molecule has 0 unspecified atom stereocenters. The number of aliphatic hydroxyl groups is 1. The van der Waals surface area contributed by atoms with Crippen molar-refractivity contribution in [1.29, 1.82) is 0 Å². The van der Waals surface area contributed by atoms with Gasteiger partial charge in [0, 0.05) is 16.2 Å². The molecule has 0 atom stereocenters. The number of hydrazine groups is 1. The molecule has 2 rings (SSSR count). The fourth-order valence-electron chi connectivity index (χ4n) is 2.14. The van der Waals surface area contributed by atoms with Crippen LogP contribution in [0.1, 0.15) is 15.9 Å². The van der Waals surface area contributed by atoms with Crippen molar-refractivity contribution in [3.8, 4) is 5.88 Å². The third-order valence-corrected chi connectivity index (χ3v) is 4.03. The number of halogens is 2. The van der Waals surface area contributed by atoms with Crippen LogP contribution in [0.2, 0.25) is 0 Å². The van der Waals surface area contributed by atoms with Crippen LogP contribution in [0.3, 0.4) is 0 Å². The molecule has 0 saturated heterocycles. The van der Waals surface area contributed by atoms with Crippen LogP contribution in [0.5, 0.6) is 5.88 Å². The zero-order chi connectivity index (χ0) is 18.6. The van der Waals surface area contributed by atoms with E-state index in [1.807, 2.05) is 22.6 Å². The van der Waals surface area contributed by atoms with Gasteiger partial charge < -0.3 is 9.84 Å². The number of nitrogens with one attached hydrogen (secondary N) is 2. The molecule has 134 valence electrons. The first-order valence-corrected chi connectivity index (χ1v) is 8.38. The second kappa shape index (κ2) is 8.30. The average molecular weight is 461 g/mol. The number of pyridine rings is 1. The first kappa shape index (κ1) is 19.2. The minimum absolute atomic E-state index is 0.0204. The van der Waals surface area contributed by atoms with E-state index in [0.29, 0.717) is 5.56 Å². The normalized spacial score (nSPS) is 10.4.